The van der Waals surface area contributed by atoms with Crippen molar-refractivity contribution in [3.05, 3.63) is 39.7 Å². The number of fused-ring (bicyclic) bond motifs is 1. The Balaban J connectivity index is 2.64. The number of aliphatic hydroxyl groups is 1. The monoisotopic (exact) mass is 340 g/mol. The zero-order chi connectivity index (χ0) is 17.5. The Kier molecular flexibility index (Phi) is 4.17. The number of Topliss-reactive ketones (excluding diaryl/α,β-unsaturated/α-hetero) is 1. The fourth-order valence-electron chi connectivity index (χ4n) is 2.48. The quantitative estimate of drug-likeness (QED) is 0.778. The van der Waals surface area contributed by atoms with Crippen molar-refractivity contribution in [1.29, 1.82) is 0 Å². The molecule has 0 heterocycles. The van der Waals surface area contributed by atoms with Gasteiger partial charge in [-0.05, 0) is 26.0 Å². The van der Waals surface area contributed by atoms with Gasteiger partial charge in [0.15, 0.2) is 5.78 Å². The van der Waals surface area contributed by atoms with Gasteiger partial charge in [0.05, 0.1) is 23.0 Å². The highest BCUT2D eigenvalue weighted by Crippen LogP contribution is 2.42. The molecule has 0 spiro atoms. The Labute approximate surface area is 135 Å². The SMILES string of the molecule is CC1(C)C(=O)C(C(=O)NCC(=O)[O-])=C(O)c2ccc(Cl)c(F)c21. The third kappa shape index (κ3) is 2.68. The molecule has 1 aliphatic carbocycles. The molecule has 0 saturated heterocycles. The molecule has 0 saturated carbocycles. The lowest BCUT2D eigenvalue weighted by molar-refractivity contribution is -0.303. The molecule has 0 atom stereocenters. The second-order valence-corrected chi connectivity index (χ2v) is 5.92. The number of carboxylic acid groups (broad SMARTS) is 1. The first-order valence-corrected chi connectivity index (χ1v) is 6.91. The lowest BCUT2D eigenvalue weighted by atomic mass is 9.70. The van der Waals surface area contributed by atoms with Crippen molar-refractivity contribution in [3.8, 4) is 0 Å². The van der Waals surface area contributed by atoms with Crippen molar-refractivity contribution < 1.29 is 29.0 Å². The molecule has 0 bridgehead atoms. The van der Waals surface area contributed by atoms with Gasteiger partial charge >= 0.3 is 0 Å². The van der Waals surface area contributed by atoms with Gasteiger partial charge in [0.2, 0.25) is 0 Å². The molecule has 0 aliphatic heterocycles. The summed E-state index contributed by atoms with van der Waals surface area (Å²) < 4.78 is 14.3. The van der Waals surface area contributed by atoms with Crippen LogP contribution < -0.4 is 10.4 Å². The fraction of sp³-hybridized carbons (Fsp3) is 0.267. The second kappa shape index (κ2) is 5.66. The first-order valence-electron chi connectivity index (χ1n) is 6.54. The van der Waals surface area contributed by atoms with Crippen molar-refractivity contribution in [2.24, 2.45) is 0 Å². The zero-order valence-corrected chi connectivity index (χ0v) is 13.0. The molecule has 6 nitrogen and oxygen atoms in total. The summed E-state index contributed by atoms with van der Waals surface area (Å²) in [5, 5.41) is 22.3. The van der Waals surface area contributed by atoms with E-state index in [9.17, 15) is 29.0 Å². The van der Waals surface area contributed by atoms with Crippen molar-refractivity contribution in [2.75, 3.05) is 6.54 Å². The van der Waals surface area contributed by atoms with Gasteiger partial charge in [-0.2, -0.15) is 0 Å². The van der Waals surface area contributed by atoms with Crippen LogP contribution in [0, 0.1) is 5.82 Å². The first kappa shape index (κ1) is 17.0. The number of halogens is 2. The number of hydrogen-bond acceptors (Lipinski definition) is 5. The van der Waals surface area contributed by atoms with Gasteiger partial charge < -0.3 is 20.3 Å². The maximum Gasteiger partial charge on any atom is 0.259 e. The zero-order valence-electron chi connectivity index (χ0n) is 12.2. The molecule has 1 aromatic rings. The van der Waals surface area contributed by atoms with Crippen LogP contribution in [-0.2, 0) is 19.8 Å². The van der Waals surface area contributed by atoms with Crippen LogP contribution in [0.4, 0.5) is 4.39 Å². The van der Waals surface area contributed by atoms with Crippen LogP contribution in [0.3, 0.4) is 0 Å². The summed E-state index contributed by atoms with van der Waals surface area (Å²) in [5.41, 5.74) is -2.27. The highest BCUT2D eigenvalue weighted by Gasteiger charge is 2.45. The van der Waals surface area contributed by atoms with E-state index < -0.39 is 46.8 Å². The first-order chi connectivity index (χ1) is 10.6. The van der Waals surface area contributed by atoms with E-state index in [4.69, 9.17) is 11.6 Å². The van der Waals surface area contributed by atoms with Gasteiger partial charge in [-0.25, -0.2) is 4.39 Å². The number of rotatable bonds is 3. The van der Waals surface area contributed by atoms with Gasteiger partial charge in [-0.15, -0.1) is 0 Å². The smallest absolute Gasteiger partial charge is 0.259 e. The standard InChI is InChI=1S/C15H13ClFNO5/c1-15(2)10-6(3-4-7(16)11(10)17)12(21)9(13(15)22)14(23)18-5-8(19)20/h3-4,21H,5H2,1-2H3,(H,18,23)(H,19,20)/p-1. The Bertz CT molecular complexity index is 769. The van der Waals surface area contributed by atoms with Crippen molar-refractivity contribution in [3.63, 3.8) is 0 Å². The third-order valence-electron chi connectivity index (χ3n) is 3.63. The molecule has 2 N–H and O–H groups in total. The van der Waals surface area contributed by atoms with Gasteiger partial charge in [-0.3, -0.25) is 9.59 Å². The predicted molar refractivity (Wildman–Crippen MR) is 77.0 cm³/mol. The van der Waals surface area contributed by atoms with E-state index in [-0.39, 0.29) is 16.1 Å². The number of nitrogens with one attached hydrogen (secondary N) is 1. The predicted octanol–water partition coefficient (Wildman–Crippen LogP) is 0.475. The summed E-state index contributed by atoms with van der Waals surface area (Å²) in [6, 6.07) is 2.48. The minimum atomic E-state index is -1.56. The number of carboxylic acids is 1. The van der Waals surface area contributed by atoms with Crippen LogP contribution >= 0.6 is 11.6 Å². The molecule has 0 fully saturated rings. The highest BCUT2D eigenvalue weighted by molar-refractivity contribution is 6.32. The maximum absolute atomic E-state index is 14.3. The lowest BCUT2D eigenvalue weighted by Crippen LogP contribution is -2.44. The summed E-state index contributed by atoms with van der Waals surface area (Å²) in [6.45, 7) is 1.93. The summed E-state index contributed by atoms with van der Waals surface area (Å²) in [7, 11) is 0. The van der Waals surface area contributed by atoms with Crippen LogP contribution in [0.1, 0.15) is 25.0 Å². The number of ketones is 1. The van der Waals surface area contributed by atoms with Crippen molar-refractivity contribution in [1.82, 2.24) is 5.32 Å². The van der Waals surface area contributed by atoms with E-state index in [1.54, 1.807) is 0 Å². The molecule has 122 valence electrons. The van der Waals surface area contributed by atoms with Crippen LogP contribution in [0.15, 0.2) is 17.7 Å². The number of amides is 1. The average Bonchev–Trinajstić information content (AvgIpc) is 2.46. The topological polar surface area (TPSA) is 107 Å². The number of aliphatic hydroxyl groups excluding tert-OH is 1. The minimum absolute atomic E-state index is 0.0462. The summed E-state index contributed by atoms with van der Waals surface area (Å²) >= 11 is 5.72. The number of carbonyl (C=O) groups excluding carboxylic acids is 3. The normalized spacial score (nSPS) is 16.1. The number of carbonyl (C=O) groups is 3. The van der Waals surface area contributed by atoms with Crippen LogP contribution in [0.5, 0.6) is 0 Å². The number of hydrogen-bond donors (Lipinski definition) is 2. The molecule has 0 aromatic heterocycles. The molecular formula is C15H12ClFNO5-. The average molecular weight is 341 g/mol. The van der Waals surface area contributed by atoms with E-state index in [0.717, 1.165) is 0 Å². The Hall–Kier alpha value is -2.41. The molecule has 23 heavy (non-hydrogen) atoms. The molecule has 0 unspecified atom stereocenters. The number of aliphatic carboxylic acids is 1. The van der Waals surface area contributed by atoms with E-state index in [2.05, 4.69) is 0 Å². The van der Waals surface area contributed by atoms with Crippen LogP contribution in [-0.4, -0.2) is 29.3 Å². The van der Waals surface area contributed by atoms with Crippen LogP contribution in [0.2, 0.25) is 5.02 Å². The summed E-state index contributed by atoms with van der Waals surface area (Å²) in [6.07, 6.45) is 0. The largest absolute Gasteiger partial charge is 0.548 e. The molecule has 2 rings (SSSR count). The van der Waals surface area contributed by atoms with Crippen molar-refractivity contribution in [2.45, 2.75) is 19.3 Å². The fourth-order valence-corrected chi connectivity index (χ4v) is 2.64. The third-order valence-corrected chi connectivity index (χ3v) is 3.92. The van der Waals surface area contributed by atoms with Crippen LogP contribution in [0.25, 0.3) is 5.76 Å². The van der Waals surface area contributed by atoms with E-state index in [1.165, 1.54) is 26.0 Å². The molecular weight excluding hydrogens is 329 g/mol. The van der Waals surface area contributed by atoms with Crippen molar-refractivity contribution >= 4 is 35.0 Å². The van der Waals surface area contributed by atoms with Gasteiger partial charge in [0.25, 0.3) is 5.91 Å². The Morgan fingerprint density at radius 3 is 2.57 bits per heavy atom. The second-order valence-electron chi connectivity index (χ2n) is 5.52. The summed E-state index contributed by atoms with van der Waals surface area (Å²) in [4.78, 5) is 34.9. The molecule has 8 heteroatoms. The van der Waals surface area contributed by atoms with E-state index >= 15 is 0 Å². The highest BCUT2D eigenvalue weighted by atomic mass is 35.5. The number of benzene rings is 1. The Morgan fingerprint density at radius 2 is 2.00 bits per heavy atom. The maximum atomic E-state index is 14.3. The van der Waals surface area contributed by atoms with E-state index in [1.807, 2.05) is 5.32 Å². The van der Waals surface area contributed by atoms with E-state index in [0.29, 0.717) is 0 Å². The molecule has 1 aromatic carbocycles. The molecule has 0 radical (unpaired) electrons. The summed E-state index contributed by atoms with van der Waals surface area (Å²) in [5.74, 6) is -5.07. The molecule has 1 aliphatic rings. The lowest BCUT2D eigenvalue weighted by Gasteiger charge is -2.32. The molecule has 1 amide bonds. The minimum Gasteiger partial charge on any atom is -0.548 e. The van der Waals surface area contributed by atoms with Gasteiger partial charge in [0.1, 0.15) is 17.1 Å². The van der Waals surface area contributed by atoms with Gasteiger partial charge in [0, 0.05) is 11.1 Å². The Morgan fingerprint density at radius 1 is 1.39 bits per heavy atom. The van der Waals surface area contributed by atoms with Gasteiger partial charge in [-0.1, -0.05) is 11.6 Å².